The normalized spacial score (nSPS) is 10.9. The van der Waals surface area contributed by atoms with E-state index in [1.54, 1.807) is 6.07 Å². The Morgan fingerprint density at radius 1 is 0.857 bits per heavy atom. The Labute approximate surface area is 166 Å². The molecule has 0 atom stereocenters. The minimum absolute atomic E-state index is 0.0548. The van der Waals surface area contributed by atoms with Gasteiger partial charge in [0.1, 0.15) is 11.5 Å². The third-order valence-electron chi connectivity index (χ3n) is 4.35. The number of hydrazine groups is 1. The van der Waals surface area contributed by atoms with E-state index in [0.29, 0.717) is 11.5 Å². The molecule has 28 heavy (non-hydrogen) atoms. The van der Waals surface area contributed by atoms with Gasteiger partial charge in [0.2, 0.25) is 0 Å². The molecule has 2 amide bonds. The van der Waals surface area contributed by atoms with Gasteiger partial charge in [-0.2, -0.15) is 0 Å². The van der Waals surface area contributed by atoms with E-state index >= 15 is 0 Å². The van der Waals surface area contributed by atoms with Gasteiger partial charge < -0.3 is 9.47 Å². The lowest BCUT2D eigenvalue weighted by atomic mass is 9.87. The van der Waals surface area contributed by atoms with E-state index in [-0.39, 0.29) is 18.6 Å². The van der Waals surface area contributed by atoms with Crippen molar-refractivity contribution in [2.75, 3.05) is 13.2 Å². The number of ether oxygens (including phenoxy) is 2. The number of carbonyl (C=O) groups excluding carboxylic acids is 2. The van der Waals surface area contributed by atoms with Crippen LogP contribution in [0.25, 0.3) is 0 Å². The van der Waals surface area contributed by atoms with E-state index in [2.05, 4.69) is 31.6 Å². The average molecular weight is 384 g/mol. The SMILES string of the molecule is Cc1cccc(OCC(=O)NNC(=O)COc2ccc(C(C)(C)C)cc2)c1C. The summed E-state index contributed by atoms with van der Waals surface area (Å²) in [5.41, 5.74) is 7.91. The highest BCUT2D eigenvalue weighted by Gasteiger charge is 2.13. The summed E-state index contributed by atoms with van der Waals surface area (Å²) in [6.07, 6.45) is 0. The summed E-state index contributed by atoms with van der Waals surface area (Å²) in [5.74, 6) is 0.319. The molecular weight excluding hydrogens is 356 g/mol. The first kappa shape index (κ1) is 21.3. The van der Waals surface area contributed by atoms with Gasteiger partial charge in [-0.05, 0) is 54.2 Å². The lowest BCUT2D eigenvalue weighted by Gasteiger charge is -2.19. The molecule has 2 rings (SSSR count). The molecule has 2 aromatic carbocycles. The summed E-state index contributed by atoms with van der Waals surface area (Å²) in [7, 11) is 0. The maximum atomic E-state index is 11.8. The highest BCUT2D eigenvalue weighted by Crippen LogP contribution is 2.24. The van der Waals surface area contributed by atoms with E-state index in [4.69, 9.17) is 9.47 Å². The highest BCUT2D eigenvalue weighted by molar-refractivity contribution is 5.83. The molecule has 2 N–H and O–H groups in total. The van der Waals surface area contributed by atoms with Crippen molar-refractivity contribution in [3.8, 4) is 11.5 Å². The number of hydrogen-bond donors (Lipinski definition) is 2. The molecule has 6 nitrogen and oxygen atoms in total. The first-order valence-corrected chi connectivity index (χ1v) is 9.17. The van der Waals surface area contributed by atoms with Gasteiger partial charge in [-0.3, -0.25) is 20.4 Å². The number of rotatable bonds is 6. The number of aryl methyl sites for hydroxylation is 1. The molecule has 0 spiro atoms. The second-order valence-electron chi connectivity index (χ2n) is 7.65. The van der Waals surface area contributed by atoms with Crippen LogP contribution in [0.2, 0.25) is 0 Å². The summed E-state index contributed by atoms with van der Waals surface area (Å²) in [6.45, 7) is 9.89. The van der Waals surface area contributed by atoms with Crippen molar-refractivity contribution in [1.82, 2.24) is 10.9 Å². The smallest absolute Gasteiger partial charge is 0.276 e. The third-order valence-corrected chi connectivity index (χ3v) is 4.35. The molecular formula is C22H28N2O4. The summed E-state index contributed by atoms with van der Waals surface area (Å²) in [5, 5.41) is 0. The van der Waals surface area contributed by atoms with Crippen LogP contribution in [0.5, 0.6) is 11.5 Å². The van der Waals surface area contributed by atoms with Crippen LogP contribution in [0, 0.1) is 13.8 Å². The maximum Gasteiger partial charge on any atom is 0.276 e. The van der Waals surface area contributed by atoms with Crippen molar-refractivity contribution >= 4 is 11.8 Å². The number of benzene rings is 2. The Bertz CT molecular complexity index is 823. The molecule has 0 saturated carbocycles. The molecule has 0 radical (unpaired) electrons. The van der Waals surface area contributed by atoms with Crippen molar-refractivity contribution < 1.29 is 19.1 Å². The summed E-state index contributed by atoms with van der Waals surface area (Å²) < 4.78 is 10.9. The van der Waals surface area contributed by atoms with Crippen LogP contribution >= 0.6 is 0 Å². The van der Waals surface area contributed by atoms with Gasteiger partial charge in [-0.15, -0.1) is 0 Å². The van der Waals surface area contributed by atoms with Gasteiger partial charge in [0.05, 0.1) is 0 Å². The fourth-order valence-electron chi connectivity index (χ4n) is 2.44. The van der Waals surface area contributed by atoms with Crippen LogP contribution in [-0.2, 0) is 15.0 Å². The van der Waals surface area contributed by atoms with E-state index in [1.807, 2.05) is 50.2 Å². The van der Waals surface area contributed by atoms with Crippen LogP contribution in [0.4, 0.5) is 0 Å². The number of carbonyl (C=O) groups is 2. The Balaban J connectivity index is 1.71. The fourth-order valence-corrected chi connectivity index (χ4v) is 2.44. The van der Waals surface area contributed by atoms with Gasteiger partial charge in [0, 0.05) is 0 Å². The molecule has 0 bridgehead atoms. The number of nitrogens with one attached hydrogen (secondary N) is 2. The summed E-state index contributed by atoms with van der Waals surface area (Å²) in [6, 6.07) is 13.2. The number of amides is 2. The topological polar surface area (TPSA) is 76.7 Å². The van der Waals surface area contributed by atoms with Gasteiger partial charge in [0.15, 0.2) is 13.2 Å². The molecule has 0 unspecified atom stereocenters. The van der Waals surface area contributed by atoms with Crippen LogP contribution in [0.1, 0.15) is 37.5 Å². The van der Waals surface area contributed by atoms with Gasteiger partial charge >= 0.3 is 0 Å². The lowest BCUT2D eigenvalue weighted by molar-refractivity contribution is -0.131. The minimum atomic E-state index is -0.458. The Morgan fingerprint density at radius 2 is 1.43 bits per heavy atom. The molecule has 6 heteroatoms. The Kier molecular flexibility index (Phi) is 7.04. The van der Waals surface area contributed by atoms with Crippen LogP contribution in [0.3, 0.4) is 0 Å². The van der Waals surface area contributed by atoms with Crippen molar-refractivity contribution in [1.29, 1.82) is 0 Å². The second-order valence-corrected chi connectivity index (χ2v) is 7.65. The molecule has 150 valence electrons. The van der Waals surface area contributed by atoms with Gasteiger partial charge in [0.25, 0.3) is 11.8 Å². The monoisotopic (exact) mass is 384 g/mol. The summed E-state index contributed by atoms with van der Waals surface area (Å²) >= 11 is 0. The van der Waals surface area contributed by atoms with Gasteiger partial charge in [-0.25, -0.2) is 0 Å². The predicted octanol–water partition coefficient (Wildman–Crippen LogP) is 3.21. The largest absolute Gasteiger partial charge is 0.484 e. The molecule has 2 aromatic rings. The maximum absolute atomic E-state index is 11.8. The zero-order chi connectivity index (χ0) is 20.7. The van der Waals surface area contributed by atoms with E-state index < -0.39 is 11.8 Å². The van der Waals surface area contributed by atoms with Crippen molar-refractivity contribution in [3.63, 3.8) is 0 Å². The minimum Gasteiger partial charge on any atom is -0.484 e. The van der Waals surface area contributed by atoms with Gasteiger partial charge in [-0.1, -0.05) is 45.0 Å². The quantitative estimate of drug-likeness (QED) is 0.750. The highest BCUT2D eigenvalue weighted by atomic mass is 16.5. The molecule has 0 aliphatic carbocycles. The summed E-state index contributed by atoms with van der Waals surface area (Å²) in [4.78, 5) is 23.7. The van der Waals surface area contributed by atoms with Crippen molar-refractivity contribution in [2.24, 2.45) is 0 Å². The van der Waals surface area contributed by atoms with Crippen LogP contribution < -0.4 is 20.3 Å². The Hall–Kier alpha value is -3.02. The van der Waals surface area contributed by atoms with Crippen molar-refractivity contribution in [2.45, 2.75) is 40.0 Å². The van der Waals surface area contributed by atoms with E-state index in [0.717, 1.165) is 11.1 Å². The molecule has 0 aromatic heterocycles. The predicted molar refractivity (Wildman–Crippen MR) is 108 cm³/mol. The average Bonchev–Trinajstić information content (AvgIpc) is 2.65. The van der Waals surface area contributed by atoms with E-state index in [9.17, 15) is 9.59 Å². The zero-order valence-corrected chi connectivity index (χ0v) is 17.1. The molecule has 0 saturated heterocycles. The first-order valence-electron chi connectivity index (χ1n) is 9.17. The Morgan fingerprint density at radius 3 is 2.00 bits per heavy atom. The van der Waals surface area contributed by atoms with E-state index in [1.165, 1.54) is 5.56 Å². The van der Waals surface area contributed by atoms with Crippen LogP contribution in [0.15, 0.2) is 42.5 Å². The second kappa shape index (κ2) is 9.26. The lowest BCUT2D eigenvalue weighted by Crippen LogP contribution is -2.45. The molecule has 0 aliphatic rings. The van der Waals surface area contributed by atoms with Crippen molar-refractivity contribution in [3.05, 3.63) is 59.2 Å². The first-order chi connectivity index (χ1) is 13.2. The fraction of sp³-hybridized carbons (Fsp3) is 0.364. The molecule has 0 heterocycles. The van der Waals surface area contributed by atoms with Crippen LogP contribution in [-0.4, -0.2) is 25.0 Å². The molecule has 0 aliphatic heterocycles. The number of hydrogen-bond acceptors (Lipinski definition) is 4. The zero-order valence-electron chi connectivity index (χ0n) is 17.1. The third kappa shape index (κ3) is 6.30. The standard InChI is InChI=1S/C22H28N2O4/c1-15-7-6-8-19(16(15)2)28-14-21(26)24-23-20(25)13-27-18-11-9-17(10-12-18)22(3,4)5/h6-12H,13-14H2,1-5H3,(H,23,25)(H,24,26). The molecule has 0 fully saturated rings.